The summed E-state index contributed by atoms with van der Waals surface area (Å²) in [5, 5.41) is 3.77. The van der Waals surface area contributed by atoms with Crippen LogP contribution in [0.3, 0.4) is 0 Å². The van der Waals surface area contributed by atoms with Crippen molar-refractivity contribution in [2.75, 3.05) is 23.2 Å². The highest BCUT2D eigenvalue weighted by atomic mass is 35.5. The molecule has 0 spiro atoms. The van der Waals surface area contributed by atoms with Crippen LogP contribution in [0.4, 0.5) is 11.5 Å². The van der Waals surface area contributed by atoms with Crippen molar-refractivity contribution in [1.82, 2.24) is 4.98 Å². The van der Waals surface area contributed by atoms with E-state index in [4.69, 9.17) is 16.3 Å². The summed E-state index contributed by atoms with van der Waals surface area (Å²) in [5.74, 6) is 0.260. The van der Waals surface area contributed by atoms with Crippen LogP contribution in [0.25, 0.3) is 0 Å². The molecule has 8 heteroatoms. The third-order valence-corrected chi connectivity index (χ3v) is 5.78. The second-order valence-corrected chi connectivity index (χ2v) is 8.05. The van der Waals surface area contributed by atoms with Gasteiger partial charge in [0.2, 0.25) is 0 Å². The Balaban J connectivity index is 1.64. The van der Waals surface area contributed by atoms with Gasteiger partial charge in [0.15, 0.2) is 0 Å². The average Bonchev–Trinajstić information content (AvgIpc) is 3.10. The highest BCUT2D eigenvalue weighted by Crippen LogP contribution is 2.21. The molecule has 0 bridgehead atoms. The van der Waals surface area contributed by atoms with Gasteiger partial charge in [0.1, 0.15) is 5.82 Å². The van der Waals surface area contributed by atoms with E-state index in [2.05, 4.69) is 15.0 Å². The van der Waals surface area contributed by atoms with Crippen LogP contribution in [-0.4, -0.2) is 32.7 Å². The molecule has 0 saturated carbocycles. The lowest BCUT2D eigenvalue weighted by molar-refractivity contribution is 0.120. The number of hydrogen-bond acceptors (Lipinski definition) is 5. The molecule has 134 valence electrons. The molecule has 3 rings (SSSR count). The fourth-order valence-corrected chi connectivity index (χ4v) is 3.79. The number of anilines is 2. The first-order chi connectivity index (χ1) is 11.9. The third kappa shape index (κ3) is 4.62. The average molecular weight is 382 g/mol. The van der Waals surface area contributed by atoms with Crippen molar-refractivity contribution >= 4 is 33.1 Å². The van der Waals surface area contributed by atoms with E-state index < -0.39 is 10.0 Å². The molecule has 0 aliphatic carbocycles. The van der Waals surface area contributed by atoms with E-state index in [0.29, 0.717) is 10.6 Å². The van der Waals surface area contributed by atoms with Crippen LogP contribution >= 0.6 is 11.6 Å². The molecule has 1 aliphatic rings. The van der Waals surface area contributed by atoms with Gasteiger partial charge in [0.25, 0.3) is 10.0 Å². The molecule has 0 amide bonds. The van der Waals surface area contributed by atoms with Crippen molar-refractivity contribution in [3.63, 3.8) is 0 Å². The van der Waals surface area contributed by atoms with Gasteiger partial charge in [-0.3, -0.25) is 4.72 Å². The minimum atomic E-state index is -3.70. The summed E-state index contributed by atoms with van der Waals surface area (Å²) in [4.78, 5) is 4.30. The Kier molecular flexibility index (Phi) is 5.46. The maximum Gasteiger partial charge on any atom is 0.263 e. The molecule has 6 nitrogen and oxygen atoms in total. The fraction of sp³-hybridized carbons (Fsp3) is 0.353. The molecule has 1 aromatic heterocycles. The Morgan fingerprint density at radius 2 is 2.16 bits per heavy atom. The maximum absolute atomic E-state index is 12.4. The summed E-state index contributed by atoms with van der Waals surface area (Å²) in [5.41, 5.74) is 1.52. The number of nitrogens with one attached hydrogen (secondary N) is 2. The number of ether oxygens (including phenoxy) is 1. The highest BCUT2D eigenvalue weighted by molar-refractivity contribution is 7.92. The maximum atomic E-state index is 12.4. The lowest BCUT2D eigenvalue weighted by atomic mass is 10.2. The number of aryl methyl sites for hydroxylation is 1. The van der Waals surface area contributed by atoms with E-state index in [1.54, 1.807) is 31.3 Å². The number of rotatable bonds is 6. The Morgan fingerprint density at radius 1 is 1.32 bits per heavy atom. The molecule has 1 unspecified atom stereocenters. The fourth-order valence-electron chi connectivity index (χ4n) is 2.58. The number of halogens is 1. The molecule has 1 aliphatic heterocycles. The predicted molar refractivity (Wildman–Crippen MR) is 98.7 cm³/mol. The van der Waals surface area contributed by atoms with Gasteiger partial charge in [-0.25, -0.2) is 13.4 Å². The zero-order chi connectivity index (χ0) is 17.9. The van der Waals surface area contributed by atoms with Crippen LogP contribution in [0.15, 0.2) is 41.4 Å². The molecule has 1 aromatic carbocycles. The number of hydrogen-bond donors (Lipinski definition) is 2. The minimum absolute atomic E-state index is 0.150. The Morgan fingerprint density at radius 3 is 2.80 bits per heavy atom. The van der Waals surface area contributed by atoms with E-state index in [1.807, 2.05) is 0 Å². The molecule has 1 saturated heterocycles. The van der Waals surface area contributed by atoms with Crippen LogP contribution in [0, 0.1) is 6.92 Å². The number of nitrogens with zero attached hydrogens (tertiary/aromatic N) is 1. The van der Waals surface area contributed by atoms with Crippen molar-refractivity contribution < 1.29 is 13.2 Å². The van der Waals surface area contributed by atoms with Gasteiger partial charge in [0, 0.05) is 18.2 Å². The molecule has 1 fully saturated rings. The van der Waals surface area contributed by atoms with Crippen molar-refractivity contribution in [3.05, 3.63) is 47.1 Å². The summed E-state index contributed by atoms with van der Waals surface area (Å²) >= 11 is 5.94. The first kappa shape index (κ1) is 18.0. The number of pyridine rings is 1. The summed E-state index contributed by atoms with van der Waals surface area (Å²) in [6.07, 6.45) is 3.97. The van der Waals surface area contributed by atoms with E-state index in [-0.39, 0.29) is 16.8 Å². The Bertz CT molecular complexity index is 835. The quantitative estimate of drug-likeness (QED) is 0.801. The van der Waals surface area contributed by atoms with Gasteiger partial charge in [-0.05, 0) is 55.7 Å². The smallest absolute Gasteiger partial charge is 0.263 e. The summed E-state index contributed by atoms with van der Waals surface area (Å²) < 4.78 is 32.9. The van der Waals surface area contributed by atoms with E-state index >= 15 is 0 Å². The third-order valence-electron chi connectivity index (χ3n) is 4.00. The molecule has 25 heavy (non-hydrogen) atoms. The topological polar surface area (TPSA) is 80.3 Å². The monoisotopic (exact) mass is 381 g/mol. The first-order valence-electron chi connectivity index (χ1n) is 8.04. The van der Waals surface area contributed by atoms with Gasteiger partial charge in [-0.2, -0.15) is 0 Å². The SMILES string of the molecule is Cc1cc(S(=O)(=O)Nc2ccc(NCC3CCCO3)cn2)ccc1Cl. The van der Waals surface area contributed by atoms with Gasteiger partial charge in [-0.15, -0.1) is 0 Å². The highest BCUT2D eigenvalue weighted by Gasteiger charge is 2.17. The molecule has 1 atom stereocenters. The summed E-state index contributed by atoms with van der Waals surface area (Å²) in [6.45, 7) is 3.29. The van der Waals surface area contributed by atoms with Crippen LogP contribution in [0.5, 0.6) is 0 Å². The number of sulfonamides is 1. The van der Waals surface area contributed by atoms with Crippen molar-refractivity contribution in [3.8, 4) is 0 Å². The standard InChI is InChI=1S/C17H20ClN3O3S/c1-12-9-15(5-6-16(12)18)25(22,23)21-17-7-4-13(10-20-17)19-11-14-3-2-8-24-14/h4-7,9-10,14,19H,2-3,8,11H2,1H3,(H,20,21). The molecule has 2 aromatic rings. The summed E-state index contributed by atoms with van der Waals surface area (Å²) in [7, 11) is -3.70. The molecular formula is C17H20ClN3O3S. The van der Waals surface area contributed by atoms with Crippen LogP contribution < -0.4 is 10.0 Å². The van der Waals surface area contributed by atoms with Crippen LogP contribution in [-0.2, 0) is 14.8 Å². The van der Waals surface area contributed by atoms with Crippen LogP contribution in [0.1, 0.15) is 18.4 Å². The second kappa shape index (κ2) is 7.59. The van der Waals surface area contributed by atoms with E-state index in [0.717, 1.165) is 31.7 Å². The number of benzene rings is 1. The molecule has 2 heterocycles. The first-order valence-corrected chi connectivity index (χ1v) is 9.91. The van der Waals surface area contributed by atoms with Crippen LogP contribution in [0.2, 0.25) is 5.02 Å². The molecule has 0 radical (unpaired) electrons. The predicted octanol–water partition coefficient (Wildman–Crippen LogP) is 3.44. The van der Waals surface area contributed by atoms with Gasteiger partial charge >= 0.3 is 0 Å². The molecule has 2 N–H and O–H groups in total. The van der Waals surface area contributed by atoms with Gasteiger partial charge in [-0.1, -0.05) is 11.6 Å². The van der Waals surface area contributed by atoms with Crippen molar-refractivity contribution in [2.45, 2.75) is 30.8 Å². The van der Waals surface area contributed by atoms with Crippen molar-refractivity contribution in [1.29, 1.82) is 0 Å². The van der Waals surface area contributed by atoms with Crippen molar-refractivity contribution in [2.24, 2.45) is 0 Å². The Hall–Kier alpha value is -1.83. The van der Waals surface area contributed by atoms with Gasteiger partial charge in [0.05, 0.1) is 22.9 Å². The zero-order valence-corrected chi connectivity index (χ0v) is 15.4. The van der Waals surface area contributed by atoms with E-state index in [1.165, 1.54) is 12.1 Å². The Labute approximate surface area is 152 Å². The minimum Gasteiger partial charge on any atom is -0.381 e. The summed E-state index contributed by atoms with van der Waals surface area (Å²) in [6, 6.07) is 7.97. The second-order valence-electron chi connectivity index (χ2n) is 5.96. The van der Waals surface area contributed by atoms with E-state index in [9.17, 15) is 8.42 Å². The zero-order valence-electron chi connectivity index (χ0n) is 13.8. The molecular weight excluding hydrogens is 362 g/mol. The van der Waals surface area contributed by atoms with Gasteiger partial charge < -0.3 is 10.1 Å². The largest absolute Gasteiger partial charge is 0.381 e. The number of aromatic nitrogens is 1. The lowest BCUT2D eigenvalue weighted by Gasteiger charge is -2.12. The normalized spacial score (nSPS) is 17.4. The lowest BCUT2D eigenvalue weighted by Crippen LogP contribution is -2.18.